The van der Waals surface area contributed by atoms with Crippen LogP contribution in [0.15, 0.2) is 24.3 Å². The number of carbonyl (C=O) groups excluding carboxylic acids is 2. The summed E-state index contributed by atoms with van der Waals surface area (Å²) in [7, 11) is 1.69. The quantitative estimate of drug-likeness (QED) is 0.910. The van der Waals surface area contributed by atoms with Crippen LogP contribution in [-0.2, 0) is 4.79 Å². The van der Waals surface area contributed by atoms with Crippen molar-refractivity contribution in [2.75, 3.05) is 13.6 Å². The lowest BCUT2D eigenvalue weighted by Gasteiger charge is -2.10. The van der Waals surface area contributed by atoms with Gasteiger partial charge in [0.1, 0.15) is 17.3 Å². The van der Waals surface area contributed by atoms with Crippen LogP contribution in [0.2, 0.25) is 0 Å². The number of likely N-dealkylation sites (N-methyl/N-ethyl adjacent to an activating group) is 1. The number of aromatic nitrogens is 3. The largest absolute Gasteiger partial charge is 0.344 e. The van der Waals surface area contributed by atoms with Gasteiger partial charge in [0, 0.05) is 25.9 Å². The maximum Gasteiger partial charge on any atom is 0.291 e. The molecule has 1 aliphatic heterocycles. The third-order valence-corrected chi connectivity index (χ3v) is 4.11. The number of amides is 2. The lowest BCUT2D eigenvalue weighted by molar-refractivity contribution is -0.126. The summed E-state index contributed by atoms with van der Waals surface area (Å²) >= 11 is 0. The first kappa shape index (κ1) is 17.1. The highest BCUT2D eigenvalue weighted by Gasteiger charge is 2.29. The topological polar surface area (TPSA) is 80.1 Å². The molecule has 1 fully saturated rings. The van der Waals surface area contributed by atoms with Crippen molar-refractivity contribution in [3.63, 3.8) is 0 Å². The first-order valence-corrected chi connectivity index (χ1v) is 8.13. The summed E-state index contributed by atoms with van der Waals surface area (Å²) in [5, 5.41) is 6.97. The molecule has 3 rings (SSSR count). The van der Waals surface area contributed by atoms with Crippen molar-refractivity contribution in [3.05, 3.63) is 41.7 Å². The van der Waals surface area contributed by atoms with E-state index in [4.69, 9.17) is 0 Å². The smallest absolute Gasteiger partial charge is 0.291 e. The second-order valence-electron chi connectivity index (χ2n) is 6.46. The van der Waals surface area contributed by atoms with Gasteiger partial charge in [-0.05, 0) is 12.1 Å². The van der Waals surface area contributed by atoms with Crippen molar-refractivity contribution in [2.24, 2.45) is 0 Å². The number of carbonyl (C=O) groups is 2. The van der Waals surface area contributed by atoms with Crippen LogP contribution < -0.4 is 5.32 Å². The van der Waals surface area contributed by atoms with E-state index in [2.05, 4.69) is 15.4 Å². The zero-order valence-electron chi connectivity index (χ0n) is 14.4. The van der Waals surface area contributed by atoms with Crippen LogP contribution in [-0.4, -0.2) is 51.1 Å². The molecule has 8 heteroatoms. The molecule has 2 amide bonds. The van der Waals surface area contributed by atoms with E-state index in [-0.39, 0.29) is 35.8 Å². The SMILES string of the molecule is CC(C)c1nc(C(=O)N[C@@H]2CC(=O)N(C)C2)nn1-c1ccccc1F. The fourth-order valence-electron chi connectivity index (χ4n) is 2.80. The summed E-state index contributed by atoms with van der Waals surface area (Å²) in [6.45, 7) is 4.25. The zero-order chi connectivity index (χ0) is 18.1. The van der Waals surface area contributed by atoms with Gasteiger partial charge in [-0.2, -0.15) is 0 Å². The minimum atomic E-state index is -0.468. The molecule has 1 atom stereocenters. The summed E-state index contributed by atoms with van der Waals surface area (Å²) in [5.41, 5.74) is 0.244. The standard InChI is InChI=1S/C17H20FN5O2/c1-10(2)16-20-15(17(25)19-11-8-14(24)22(3)9-11)21-23(16)13-7-5-4-6-12(13)18/h4-7,10-11H,8-9H2,1-3H3,(H,19,25)/t11-/m1/s1. The van der Waals surface area contributed by atoms with E-state index in [0.29, 0.717) is 12.4 Å². The van der Waals surface area contributed by atoms with Gasteiger partial charge in [0.2, 0.25) is 11.7 Å². The number of benzene rings is 1. The van der Waals surface area contributed by atoms with Gasteiger partial charge in [-0.1, -0.05) is 26.0 Å². The molecule has 0 spiro atoms. The minimum Gasteiger partial charge on any atom is -0.344 e. The lowest BCUT2D eigenvalue weighted by Crippen LogP contribution is -2.37. The number of hydrogen-bond acceptors (Lipinski definition) is 4. The van der Waals surface area contributed by atoms with Gasteiger partial charge < -0.3 is 10.2 Å². The third-order valence-electron chi connectivity index (χ3n) is 4.11. The predicted molar refractivity (Wildman–Crippen MR) is 88.9 cm³/mol. The number of para-hydroxylation sites is 1. The fourth-order valence-corrected chi connectivity index (χ4v) is 2.80. The molecule has 2 aromatic rings. The molecule has 0 radical (unpaired) electrons. The second kappa shape index (κ2) is 6.62. The maximum absolute atomic E-state index is 14.1. The monoisotopic (exact) mass is 345 g/mol. The van der Waals surface area contributed by atoms with Gasteiger partial charge in [0.15, 0.2) is 0 Å². The van der Waals surface area contributed by atoms with E-state index < -0.39 is 11.7 Å². The zero-order valence-corrected chi connectivity index (χ0v) is 14.4. The van der Waals surface area contributed by atoms with Crippen molar-refractivity contribution >= 4 is 11.8 Å². The number of halogens is 1. The average Bonchev–Trinajstić information content (AvgIpc) is 3.12. The molecule has 25 heavy (non-hydrogen) atoms. The van der Waals surface area contributed by atoms with Crippen molar-refractivity contribution in [2.45, 2.75) is 32.2 Å². The third kappa shape index (κ3) is 3.38. The normalized spacial score (nSPS) is 17.4. The van der Waals surface area contributed by atoms with Crippen LogP contribution in [0, 0.1) is 5.82 Å². The molecule has 1 saturated heterocycles. The molecule has 132 valence electrons. The summed E-state index contributed by atoms with van der Waals surface area (Å²) in [4.78, 5) is 29.9. The Kier molecular flexibility index (Phi) is 4.52. The Labute approximate surface area is 144 Å². The Morgan fingerprint density at radius 2 is 2.08 bits per heavy atom. The molecule has 1 aliphatic rings. The number of nitrogens with one attached hydrogen (secondary N) is 1. The molecule has 7 nitrogen and oxygen atoms in total. The molecular formula is C17H20FN5O2. The number of hydrogen-bond donors (Lipinski definition) is 1. The fraction of sp³-hybridized carbons (Fsp3) is 0.412. The van der Waals surface area contributed by atoms with Gasteiger partial charge >= 0.3 is 0 Å². The summed E-state index contributed by atoms with van der Waals surface area (Å²) in [5.74, 6) is -0.510. The van der Waals surface area contributed by atoms with Crippen molar-refractivity contribution in [3.8, 4) is 5.69 Å². The van der Waals surface area contributed by atoms with E-state index in [0.717, 1.165) is 0 Å². The summed E-state index contributed by atoms with van der Waals surface area (Å²) < 4.78 is 15.5. The van der Waals surface area contributed by atoms with E-state index in [1.165, 1.54) is 10.7 Å². The highest BCUT2D eigenvalue weighted by atomic mass is 19.1. The van der Waals surface area contributed by atoms with Gasteiger partial charge in [-0.15, -0.1) is 5.10 Å². The van der Waals surface area contributed by atoms with Crippen LogP contribution >= 0.6 is 0 Å². The van der Waals surface area contributed by atoms with Gasteiger partial charge in [0.05, 0.1) is 6.04 Å². The molecule has 0 saturated carbocycles. The predicted octanol–water partition coefficient (Wildman–Crippen LogP) is 1.49. The first-order valence-electron chi connectivity index (χ1n) is 8.13. The van der Waals surface area contributed by atoms with Gasteiger partial charge in [-0.3, -0.25) is 9.59 Å². The second-order valence-corrected chi connectivity index (χ2v) is 6.46. The Bertz CT molecular complexity index is 817. The molecule has 0 unspecified atom stereocenters. The number of nitrogens with zero attached hydrogens (tertiary/aromatic N) is 4. The van der Waals surface area contributed by atoms with Gasteiger partial charge in [-0.25, -0.2) is 14.1 Å². The molecule has 0 bridgehead atoms. The average molecular weight is 345 g/mol. The van der Waals surface area contributed by atoms with Crippen LogP contribution in [0.3, 0.4) is 0 Å². The van der Waals surface area contributed by atoms with Crippen molar-refractivity contribution < 1.29 is 14.0 Å². The maximum atomic E-state index is 14.1. The number of rotatable bonds is 4. The molecule has 1 aromatic heterocycles. The van der Waals surface area contributed by atoms with E-state index in [1.807, 2.05) is 13.8 Å². The summed E-state index contributed by atoms with van der Waals surface area (Å²) in [6.07, 6.45) is 0.257. The van der Waals surface area contributed by atoms with E-state index in [1.54, 1.807) is 30.1 Å². The highest BCUT2D eigenvalue weighted by molar-refractivity contribution is 5.91. The molecular weight excluding hydrogens is 325 g/mol. The van der Waals surface area contributed by atoms with Crippen molar-refractivity contribution in [1.29, 1.82) is 0 Å². The molecule has 0 aliphatic carbocycles. The van der Waals surface area contributed by atoms with Crippen LogP contribution in [0.25, 0.3) is 5.69 Å². The molecule has 1 N–H and O–H groups in total. The molecule has 1 aromatic carbocycles. The van der Waals surface area contributed by atoms with Crippen LogP contribution in [0.1, 0.15) is 42.6 Å². The lowest BCUT2D eigenvalue weighted by atomic mass is 10.2. The number of likely N-dealkylation sites (tertiary alicyclic amines) is 1. The Balaban J connectivity index is 1.88. The molecule has 2 heterocycles. The Morgan fingerprint density at radius 3 is 2.68 bits per heavy atom. The van der Waals surface area contributed by atoms with E-state index >= 15 is 0 Å². The summed E-state index contributed by atoms with van der Waals surface area (Å²) in [6, 6.07) is 5.94. The van der Waals surface area contributed by atoms with Crippen molar-refractivity contribution in [1.82, 2.24) is 25.0 Å². The van der Waals surface area contributed by atoms with Crippen LogP contribution in [0.4, 0.5) is 4.39 Å². The van der Waals surface area contributed by atoms with Gasteiger partial charge in [0.25, 0.3) is 5.91 Å². The minimum absolute atomic E-state index is 0.0157. The Hall–Kier alpha value is -2.77. The highest BCUT2D eigenvalue weighted by Crippen LogP contribution is 2.20. The Morgan fingerprint density at radius 1 is 1.36 bits per heavy atom. The van der Waals surface area contributed by atoms with Crippen LogP contribution in [0.5, 0.6) is 0 Å². The van der Waals surface area contributed by atoms with E-state index in [9.17, 15) is 14.0 Å². The first-order chi connectivity index (χ1) is 11.9.